The molecule has 2 aliphatic rings. The molecule has 2 unspecified atom stereocenters. The Labute approximate surface area is 153 Å². The van der Waals surface area contributed by atoms with Crippen LogP contribution in [-0.4, -0.2) is 29.0 Å². The first-order valence-electron chi connectivity index (χ1n) is 9.34. The molecule has 2 fully saturated rings. The zero-order valence-corrected chi connectivity index (χ0v) is 15.7. The first kappa shape index (κ1) is 15.5. The number of thiazole rings is 1. The fraction of sp³-hybridized carbons (Fsp3) is 0.409. The van der Waals surface area contributed by atoms with E-state index in [-0.39, 0.29) is 0 Å². The Morgan fingerprint density at radius 2 is 1.84 bits per heavy atom. The predicted octanol–water partition coefficient (Wildman–Crippen LogP) is 5.34. The van der Waals surface area contributed by atoms with Crippen LogP contribution in [-0.2, 0) is 0 Å². The molecule has 1 aromatic heterocycles. The number of likely N-dealkylation sites (N-methyl/N-ethyl adjacent to an activating group) is 1. The fourth-order valence-electron chi connectivity index (χ4n) is 4.99. The second kappa shape index (κ2) is 5.93. The molecule has 0 aliphatic carbocycles. The van der Waals surface area contributed by atoms with Gasteiger partial charge in [-0.15, -0.1) is 11.3 Å². The van der Waals surface area contributed by atoms with Crippen LogP contribution in [0.4, 0.5) is 0 Å². The number of hydrogen-bond donors (Lipinski definition) is 0. The van der Waals surface area contributed by atoms with Crippen LogP contribution in [0.1, 0.15) is 47.2 Å². The van der Waals surface area contributed by atoms with Crippen molar-refractivity contribution in [1.82, 2.24) is 9.88 Å². The second-order valence-corrected chi connectivity index (χ2v) is 8.82. The number of aromatic nitrogens is 1. The van der Waals surface area contributed by atoms with Crippen molar-refractivity contribution in [3.8, 4) is 0 Å². The average Bonchev–Trinajstić information content (AvgIpc) is 3.14. The third-order valence-corrected chi connectivity index (χ3v) is 7.51. The molecule has 2 bridgehead atoms. The van der Waals surface area contributed by atoms with E-state index in [9.17, 15) is 0 Å². The number of aryl methyl sites for hydroxylation is 1. The number of benzene rings is 2. The standard InChI is InChI=1S/C22H24N2S/c1-14-7-9-15(10-8-14)17-13-16-11-12-19(24(16)2)21(17)22-23-18-5-3-4-6-20(18)25-22/h3-10,16-17,19,21H,11-13H2,1-2H3/t16-,17?,19?,21-/m1/s1. The number of rotatable bonds is 2. The van der Waals surface area contributed by atoms with Crippen LogP contribution >= 0.6 is 11.3 Å². The summed E-state index contributed by atoms with van der Waals surface area (Å²) in [5, 5.41) is 1.34. The highest BCUT2D eigenvalue weighted by Gasteiger charge is 2.47. The lowest BCUT2D eigenvalue weighted by atomic mass is 9.76. The number of nitrogens with zero attached hydrogens (tertiary/aromatic N) is 2. The van der Waals surface area contributed by atoms with E-state index in [4.69, 9.17) is 4.98 Å². The molecule has 2 aromatic carbocycles. The van der Waals surface area contributed by atoms with Crippen LogP contribution in [0.25, 0.3) is 10.2 Å². The molecule has 0 amide bonds. The molecule has 4 atom stereocenters. The quantitative estimate of drug-likeness (QED) is 0.621. The van der Waals surface area contributed by atoms with Crippen LogP contribution in [0.15, 0.2) is 48.5 Å². The summed E-state index contributed by atoms with van der Waals surface area (Å²) in [6, 6.07) is 19.2. The average molecular weight is 349 g/mol. The molecule has 0 N–H and O–H groups in total. The van der Waals surface area contributed by atoms with Crippen LogP contribution in [0, 0.1) is 6.92 Å². The summed E-state index contributed by atoms with van der Waals surface area (Å²) in [7, 11) is 2.33. The molecule has 2 aliphatic heterocycles. The minimum absolute atomic E-state index is 0.517. The molecule has 0 spiro atoms. The SMILES string of the molecule is Cc1ccc(C2C[C@H]3CCC([C@@H]2c2nc4ccccc4s2)N3C)cc1. The molecule has 0 radical (unpaired) electrons. The maximum atomic E-state index is 5.07. The monoisotopic (exact) mass is 348 g/mol. The topological polar surface area (TPSA) is 16.1 Å². The van der Waals surface area contributed by atoms with E-state index < -0.39 is 0 Å². The second-order valence-electron chi connectivity index (χ2n) is 7.76. The van der Waals surface area contributed by atoms with Crippen molar-refractivity contribution in [1.29, 1.82) is 0 Å². The van der Waals surface area contributed by atoms with E-state index in [1.54, 1.807) is 0 Å². The maximum Gasteiger partial charge on any atom is 0.0991 e. The van der Waals surface area contributed by atoms with Gasteiger partial charge >= 0.3 is 0 Å². The van der Waals surface area contributed by atoms with Gasteiger partial charge in [0.1, 0.15) is 0 Å². The predicted molar refractivity (Wildman–Crippen MR) is 105 cm³/mol. The zero-order chi connectivity index (χ0) is 17.0. The summed E-state index contributed by atoms with van der Waals surface area (Å²) in [5.74, 6) is 1.11. The third-order valence-electron chi connectivity index (χ3n) is 6.37. The minimum atomic E-state index is 0.517. The van der Waals surface area contributed by atoms with Gasteiger partial charge in [0, 0.05) is 18.0 Å². The highest BCUT2D eigenvalue weighted by molar-refractivity contribution is 7.18. The summed E-state index contributed by atoms with van der Waals surface area (Å²) in [6.45, 7) is 2.17. The van der Waals surface area contributed by atoms with Crippen molar-refractivity contribution in [2.45, 2.75) is 50.1 Å². The number of hydrogen-bond acceptors (Lipinski definition) is 3. The fourth-order valence-corrected chi connectivity index (χ4v) is 6.18. The number of para-hydroxylation sites is 1. The van der Waals surface area contributed by atoms with E-state index >= 15 is 0 Å². The van der Waals surface area contributed by atoms with Crippen LogP contribution in [0.3, 0.4) is 0 Å². The molecular formula is C22H24N2S. The van der Waals surface area contributed by atoms with Gasteiger partial charge in [-0.25, -0.2) is 4.98 Å². The molecule has 2 saturated heterocycles. The van der Waals surface area contributed by atoms with Crippen molar-refractivity contribution < 1.29 is 0 Å². The summed E-state index contributed by atoms with van der Waals surface area (Å²) in [5.41, 5.74) is 4.00. The molecule has 128 valence electrons. The van der Waals surface area contributed by atoms with Gasteiger partial charge in [0.2, 0.25) is 0 Å². The molecule has 5 rings (SSSR count). The van der Waals surface area contributed by atoms with Gasteiger partial charge in [0.05, 0.1) is 15.2 Å². The molecule has 25 heavy (non-hydrogen) atoms. The summed E-state index contributed by atoms with van der Waals surface area (Å²) < 4.78 is 1.32. The lowest BCUT2D eigenvalue weighted by Gasteiger charge is -2.42. The smallest absolute Gasteiger partial charge is 0.0991 e. The Bertz CT molecular complexity index is 865. The molecule has 0 saturated carbocycles. The van der Waals surface area contributed by atoms with E-state index in [1.165, 1.54) is 40.1 Å². The first-order valence-corrected chi connectivity index (χ1v) is 10.2. The van der Waals surface area contributed by atoms with Gasteiger partial charge < -0.3 is 0 Å². The van der Waals surface area contributed by atoms with Crippen LogP contribution in [0.2, 0.25) is 0 Å². The van der Waals surface area contributed by atoms with Crippen LogP contribution < -0.4 is 0 Å². The Hall–Kier alpha value is -1.71. The number of piperidine rings is 1. The first-order chi connectivity index (χ1) is 12.2. The van der Waals surface area contributed by atoms with E-state index in [0.29, 0.717) is 17.9 Å². The van der Waals surface area contributed by atoms with Crippen molar-refractivity contribution in [2.24, 2.45) is 0 Å². The van der Waals surface area contributed by atoms with Gasteiger partial charge in [-0.1, -0.05) is 42.0 Å². The van der Waals surface area contributed by atoms with Gasteiger partial charge in [0.25, 0.3) is 0 Å². The lowest BCUT2D eigenvalue weighted by molar-refractivity contribution is 0.137. The minimum Gasteiger partial charge on any atom is -0.300 e. The van der Waals surface area contributed by atoms with Gasteiger partial charge in [-0.05, 0) is 56.8 Å². The Morgan fingerprint density at radius 1 is 1.04 bits per heavy atom. The van der Waals surface area contributed by atoms with Crippen molar-refractivity contribution >= 4 is 21.6 Å². The summed E-state index contributed by atoms with van der Waals surface area (Å²) >= 11 is 1.91. The van der Waals surface area contributed by atoms with Crippen LogP contribution in [0.5, 0.6) is 0 Å². The highest BCUT2D eigenvalue weighted by atomic mass is 32.1. The van der Waals surface area contributed by atoms with E-state index in [0.717, 1.165) is 11.6 Å². The van der Waals surface area contributed by atoms with Crippen molar-refractivity contribution in [3.05, 3.63) is 64.7 Å². The molecular weight excluding hydrogens is 324 g/mol. The molecule has 3 heteroatoms. The van der Waals surface area contributed by atoms with Crippen molar-refractivity contribution in [2.75, 3.05) is 7.05 Å². The largest absolute Gasteiger partial charge is 0.300 e. The van der Waals surface area contributed by atoms with Crippen molar-refractivity contribution in [3.63, 3.8) is 0 Å². The van der Waals surface area contributed by atoms with Gasteiger partial charge in [0.15, 0.2) is 0 Å². The molecule has 2 nitrogen and oxygen atoms in total. The highest BCUT2D eigenvalue weighted by Crippen LogP contribution is 2.51. The summed E-state index contributed by atoms with van der Waals surface area (Å²) in [4.78, 5) is 7.71. The molecule has 3 heterocycles. The lowest BCUT2D eigenvalue weighted by Crippen LogP contribution is -2.44. The van der Waals surface area contributed by atoms with E-state index in [1.807, 2.05) is 11.3 Å². The summed E-state index contributed by atoms with van der Waals surface area (Å²) in [6.07, 6.45) is 3.91. The third kappa shape index (κ3) is 2.52. The Balaban J connectivity index is 1.62. The normalized spacial score (nSPS) is 29.4. The van der Waals surface area contributed by atoms with Gasteiger partial charge in [-0.3, -0.25) is 4.90 Å². The number of fused-ring (bicyclic) bond motifs is 3. The maximum absolute atomic E-state index is 5.07. The Morgan fingerprint density at radius 3 is 2.64 bits per heavy atom. The zero-order valence-electron chi connectivity index (χ0n) is 14.9. The Kier molecular flexibility index (Phi) is 3.68. The van der Waals surface area contributed by atoms with E-state index in [2.05, 4.69) is 67.4 Å². The molecule has 3 aromatic rings. The van der Waals surface area contributed by atoms with Gasteiger partial charge in [-0.2, -0.15) is 0 Å².